The number of hydrogen-bond acceptors (Lipinski definition) is 6. The molecule has 0 heterocycles. The Bertz CT molecular complexity index is 1010. The monoisotopic (exact) mass is 493 g/mol. The molecule has 1 atom stereocenters. The van der Waals surface area contributed by atoms with Crippen LogP contribution < -0.4 is 15.5 Å². The van der Waals surface area contributed by atoms with Crippen LogP contribution in [0.15, 0.2) is 58.8 Å². The SMILES string of the molecule is CN(C)c1ccc(N=Nc2ccc(C(=O)NCCCCC(NC(C)(C)C)C(=O)C(C)(C)C)cc2)cc1. The highest BCUT2D eigenvalue weighted by Gasteiger charge is 2.31. The predicted molar refractivity (Wildman–Crippen MR) is 149 cm³/mol. The van der Waals surface area contributed by atoms with Crippen LogP contribution in [-0.4, -0.2) is 43.9 Å². The first-order valence-electron chi connectivity index (χ1n) is 12.7. The fourth-order valence-corrected chi connectivity index (χ4v) is 3.70. The second-order valence-corrected chi connectivity index (χ2v) is 11.5. The number of amides is 1. The van der Waals surface area contributed by atoms with Crippen molar-refractivity contribution in [2.75, 3.05) is 25.5 Å². The molecule has 0 spiro atoms. The van der Waals surface area contributed by atoms with Gasteiger partial charge in [0.1, 0.15) is 0 Å². The number of unbranched alkanes of at least 4 members (excludes halogenated alkanes) is 1. The van der Waals surface area contributed by atoms with Crippen LogP contribution in [0.1, 0.15) is 71.2 Å². The second kappa shape index (κ2) is 12.8. The van der Waals surface area contributed by atoms with Crippen LogP contribution in [0, 0.1) is 5.41 Å². The molecule has 7 nitrogen and oxygen atoms in total. The van der Waals surface area contributed by atoms with Crippen LogP contribution >= 0.6 is 0 Å². The number of ketones is 1. The molecule has 36 heavy (non-hydrogen) atoms. The van der Waals surface area contributed by atoms with E-state index in [1.807, 2.05) is 64.0 Å². The Hall–Kier alpha value is -3.06. The van der Waals surface area contributed by atoms with E-state index in [1.165, 1.54) is 0 Å². The van der Waals surface area contributed by atoms with Crippen molar-refractivity contribution in [2.45, 2.75) is 72.4 Å². The molecule has 7 heteroatoms. The minimum Gasteiger partial charge on any atom is -0.378 e. The van der Waals surface area contributed by atoms with E-state index in [4.69, 9.17) is 0 Å². The molecule has 2 N–H and O–H groups in total. The van der Waals surface area contributed by atoms with E-state index in [9.17, 15) is 9.59 Å². The van der Waals surface area contributed by atoms with E-state index < -0.39 is 0 Å². The third-order valence-electron chi connectivity index (χ3n) is 5.64. The standard InChI is InChI=1S/C29H43N5O2/c1-28(2,3)26(35)25(31-29(4,5)6)11-9-10-20-30-27(36)21-12-14-22(15-13-21)32-33-23-16-18-24(19-17-23)34(7)8/h12-19,25,31H,9-11,20H2,1-8H3,(H,30,36). The van der Waals surface area contributed by atoms with Gasteiger partial charge >= 0.3 is 0 Å². The molecule has 1 unspecified atom stereocenters. The molecule has 2 aromatic carbocycles. The van der Waals surface area contributed by atoms with Gasteiger partial charge in [-0.15, -0.1) is 0 Å². The first kappa shape index (κ1) is 29.2. The highest BCUT2D eigenvalue weighted by molar-refractivity contribution is 5.94. The van der Waals surface area contributed by atoms with E-state index in [-0.39, 0.29) is 28.7 Å². The van der Waals surface area contributed by atoms with Crippen molar-refractivity contribution >= 4 is 28.8 Å². The Balaban J connectivity index is 1.81. The molecule has 2 rings (SSSR count). The number of anilines is 1. The molecule has 0 radical (unpaired) electrons. The van der Waals surface area contributed by atoms with Crippen molar-refractivity contribution in [1.82, 2.24) is 10.6 Å². The molecule has 0 saturated carbocycles. The zero-order valence-corrected chi connectivity index (χ0v) is 23.2. The van der Waals surface area contributed by atoms with Gasteiger partial charge in [-0.25, -0.2) is 0 Å². The smallest absolute Gasteiger partial charge is 0.251 e. The first-order valence-corrected chi connectivity index (χ1v) is 12.7. The van der Waals surface area contributed by atoms with Gasteiger partial charge in [0.2, 0.25) is 0 Å². The molecule has 196 valence electrons. The van der Waals surface area contributed by atoms with Gasteiger partial charge in [-0.05, 0) is 88.6 Å². The minimum absolute atomic E-state index is 0.118. The van der Waals surface area contributed by atoms with E-state index in [0.29, 0.717) is 17.8 Å². The summed E-state index contributed by atoms with van der Waals surface area (Å²) in [6.07, 6.45) is 2.41. The largest absolute Gasteiger partial charge is 0.378 e. The molecule has 1 amide bonds. The number of carbonyl (C=O) groups is 2. The van der Waals surface area contributed by atoms with Gasteiger partial charge in [-0.2, -0.15) is 10.2 Å². The highest BCUT2D eigenvalue weighted by atomic mass is 16.1. The lowest BCUT2D eigenvalue weighted by atomic mass is 9.84. The van der Waals surface area contributed by atoms with Crippen LogP contribution in [0.25, 0.3) is 0 Å². The fraction of sp³-hybridized carbons (Fsp3) is 0.517. The predicted octanol–water partition coefficient (Wildman–Crippen LogP) is 6.44. The van der Waals surface area contributed by atoms with Crippen molar-refractivity contribution in [3.05, 3.63) is 54.1 Å². The Kier molecular flexibility index (Phi) is 10.3. The molecule has 2 aromatic rings. The Morgan fingerprint density at radius 3 is 1.83 bits per heavy atom. The number of nitrogens with zero attached hydrogens (tertiary/aromatic N) is 3. The number of rotatable bonds is 11. The number of azo groups is 1. The van der Waals surface area contributed by atoms with E-state index in [1.54, 1.807) is 24.3 Å². The second-order valence-electron chi connectivity index (χ2n) is 11.5. The Morgan fingerprint density at radius 1 is 0.833 bits per heavy atom. The average molecular weight is 494 g/mol. The maximum absolute atomic E-state index is 12.8. The van der Waals surface area contributed by atoms with Crippen LogP contribution in [-0.2, 0) is 4.79 Å². The molecule has 0 saturated heterocycles. The Morgan fingerprint density at radius 2 is 1.36 bits per heavy atom. The summed E-state index contributed by atoms with van der Waals surface area (Å²) < 4.78 is 0. The maximum Gasteiger partial charge on any atom is 0.251 e. The highest BCUT2D eigenvalue weighted by Crippen LogP contribution is 2.22. The Labute approximate surface area is 216 Å². The third kappa shape index (κ3) is 9.90. The van der Waals surface area contributed by atoms with Crippen LogP contribution in [0.5, 0.6) is 0 Å². The zero-order chi connectivity index (χ0) is 26.9. The number of nitrogens with one attached hydrogen (secondary N) is 2. The normalized spacial score (nSPS) is 13.0. The summed E-state index contributed by atoms with van der Waals surface area (Å²) in [5.41, 5.74) is 2.61. The summed E-state index contributed by atoms with van der Waals surface area (Å²) in [7, 11) is 3.98. The number of carbonyl (C=O) groups excluding carboxylic acids is 2. The van der Waals surface area contributed by atoms with E-state index in [0.717, 1.165) is 30.6 Å². The lowest BCUT2D eigenvalue weighted by molar-refractivity contribution is -0.129. The molecule has 0 fully saturated rings. The van der Waals surface area contributed by atoms with Gasteiger partial charge in [0.25, 0.3) is 5.91 Å². The summed E-state index contributed by atoms with van der Waals surface area (Å²) in [5, 5.41) is 15.0. The van der Waals surface area contributed by atoms with Crippen molar-refractivity contribution in [2.24, 2.45) is 15.6 Å². The van der Waals surface area contributed by atoms with Gasteiger partial charge in [-0.1, -0.05) is 20.8 Å². The van der Waals surface area contributed by atoms with Crippen molar-refractivity contribution in [3.63, 3.8) is 0 Å². The minimum atomic E-state index is -0.389. The average Bonchev–Trinajstić information content (AvgIpc) is 2.80. The molecular weight excluding hydrogens is 450 g/mol. The van der Waals surface area contributed by atoms with Gasteiger partial charge in [-0.3, -0.25) is 9.59 Å². The maximum atomic E-state index is 12.8. The van der Waals surface area contributed by atoms with Gasteiger partial charge in [0.05, 0.1) is 17.4 Å². The first-order chi connectivity index (χ1) is 16.8. The van der Waals surface area contributed by atoms with E-state index in [2.05, 4.69) is 41.6 Å². The lowest BCUT2D eigenvalue weighted by Crippen LogP contribution is -2.50. The number of hydrogen-bond donors (Lipinski definition) is 2. The van der Waals surface area contributed by atoms with Gasteiger partial charge in [0.15, 0.2) is 5.78 Å². The molecule has 0 aliphatic carbocycles. The summed E-state index contributed by atoms with van der Waals surface area (Å²) in [6, 6.07) is 14.7. The summed E-state index contributed by atoms with van der Waals surface area (Å²) in [5.74, 6) is 0.108. The summed E-state index contributed by atoms with van der Waals surface area (Å²) in [6.45, 7) is 12.7. The van der Waals surface area contributed by atoms with Crippen molar-refractivity contribution in [1.29, 1.82) is 0 Å². The quantitative estimate of drug-likeness (QED) is 0.279. The molecule has 0 aromatic heterocycles. The molecule has 0 bridgehead atoms. The van der Waals surface area contributed by atoms with Gasteiger partial charge < -0.3 is 15.5 Å². The summed E-state index contributed by atoms with van der Waals surface area (Å²) >= 11 is 0. The van der Waals surface area contributed by atoms with Crippen molar-refractivity contribution < 1.29 is 9.59 Å². The molecule has 0 aliphatic heterocycles. The fourth-order valence-electron chi connectivity index (χ4n) is 3.70. The molecular formula is C29H43N5O2. The molecule has 0 aliphatic rings. The third-order valence-corrected chi connectivity index (χ3v) is 5.64. The van der Waals surface area contributed by atoms with E-state index >= 15 is 0 Å². The van der Waals surface area contributed by atoms with Crippen LogP contribution in [0.4, 0.5) is 17.1 Å². The van der Waals surface area contributed by atoms with Crippen LogP contribution in [0.2, 0.25) is 0 Å². The summed E-state index contributed by atoms with van der Waals surface area (Å²) in [4.78, 5) is 27.4. The van der Waals surface area contributed by atoms with Crippen LogP contribution in [0.3, 0.4) is 0 Å². The topological polar surface area (TPSA) is 86.2 Å². The van der Waals surface area contributed by atoms with Gasteiger partial charge in [0, 0.05) is 42.8 Å². The lowest BCUT2D eigenvalue weighted by Gasteiger charge is -2.31. The zero-order valence-electron chi connectivity index (χ0n) is 23.2. The number of Topliss-reactive ketones (excluding diaryl/α,β-unsaturated/α-hetero) is 1. The van der Waals surface area contributed by atoms with Crippen molar-refractivity contribution in [3.8, 4) is 0 Å². The number of benzene rings is 2.